The molecule has 0 radical (unpaired) electrons. The summed E-state index contributed by atoms with van der Waals surface area (Å²) < 4.78 is 0. The number of carbonyl (C=O) groups is 1. The molecule has 74 valence electrons. The Morgan fingerprint density at radius 1 is 1.57 bits per heavy atom. The molecule has 3 heteroatoms. The fourth-order valence-corrected chi connectivity index (χ4v) is 1.90. The molecule has 3 nitrogen and oxygen atoms in total. The molecular weight excluding hydrogens is 176 g/mol. The zero-order chi connectivity index (χ0) is 9.80. The fraction of sp³-hybridized carbons (Fsp3) is 0.455. The zero-order valence-corrected chi connectivity index (χ0v) is 8.10. The topological polar surface area (TPSA) is 33.2 Å². The molecule has 1 aliphatic rings. The maximum absolute atomic E-state index is 10.7. The molecule has 0 bridgehead atoms. The standard InChI is InChI=1S/C11H14N2O/c14-9-10-3-2-6-13(8-10)11-4-1-5-12-7-11/h1,4-5,7,9-10H,2-3,6,8H2. The first-order chi connectivity index (χ1) is 6.90. The fourth-order valence-electron chi connectivity index (χ4n) is 1.90. The summed E-state index contributed by atoms with van der Waals surface area (Å²) in [6.07, 6.45) is 6.82. The van der Waals surface area contributed by atoms with Gasteiger partial charge in [-0.05, 0) is 25.0 Å². The molecular formula is C11H14N2O. The average Bonchev–Trinajstić information content (AvgIpc) is 2.30. The van der Waals surface area contributed by atoms with Gasteiger partial charge in [0.25, 0.3) is 0 Å². The van der Waals surface area contributed by atoms with Crippen LogP contribution in [0.1, 0.15) is 12.8 Å². The number of piperidine rings is 1. The Morgan fingerprint density at radius 2 is 2.50 bits per heavy atom. The predicted octanol–water partition coefficient (Wildman–Crippen LogP) is 1.50. The van der Waals surface area contributed by atoms with Crippen molar-refractivity contribution >= 4 is 12.0 Å². The van der Waals surface area contributed by atoms with Crippen molar-refractivity contribution in [2.24, 2.45) is 5.92 Å². The highest BCUT2D eigenvalue weighted by Gasteiger charge is 2.19. The largest absolute Gasteiger partial charge is 0.370 e. The lowest BCUT2D eigenvalue weighted by molar-refractivity contribution is -0.111. The average molecular weight is 190 g/mol. The second kappa shape index (κ2) is 4.22. The van der Waals surface area contributed by atoms with Crippen molar-refractivity contribution in [3.05, 3.63) is 24.5 Å². The highest BCUT2D eigenvalue weighted by molar-refractivity contribution is 5.56. The van der Waals surface area contributed by atoms with Crippen LogP contribution in [0.25, 0.3) is 0 Å². The monoisotopic (exact) mass is 190 g/mol. The van der Waals surface area contributed by atoms with Gasteiger partial charge in [0.15, 0.2) is 0 Å². The van der Waals surface area contributed by atoms with Crippen LogP contribution in [0.4, 0.5) is 5.69 Å². The zero-order valence-electron chi connectivity index (χ0n) is 8.10. The first-order valence-corrected chi connectivity index (χ1v) is 5.00. The third kappa shape index (κ3) is 1.92. The molecule has 0 spiro atoms. The summed E-state index contributed by atoms with van der Waals surface area (Å²) in [5.74, 6) is 0.198. The number of anilines is 1. The Kier molecular flexibility index (Phi) is 2.77. The second-order valence-electron chi connectivity index (χ2n) is 3.70. The van der Waals surface area contributed by atoms with Gasteiger partial charge in [0, 0.05) is 25.2 Å². The van der Waals surface area contributed by atoms with Gasteiger partial charge in [-0.2, -0.15) is 0 Å². The molecule has 14 heavy (non-hydrogen) atoms. The number of aromatic nitrogens is 1. The van der Waals surface area contributed by atoms with E-state index in [0.717, 1.165) is 37.9 Å². The smallest absolute Gasteiger partial charge is 0.124 e. The van der Waals surface area contributed by atoms with E-state index in [2.05, 4.69) is 9.88 Å². The normalized spacial score (nSPS) is 22.0. The Balaban J connectivity index is 2.08. The van der Waals surface area contributed by atoms with E-state index in [4.69, 9.17) is 0 Å². The van der Waals surface area contributed by atoms with E-state index in [1.165, 1.54) is 0 Å². The lowest BCUT2D eigenvalue weighted by Gasteiger charge is -2.31. The molecule has 0 N–H and O–H groups in total. The van der Waals surface area contributed by atoms with Gasteiger partial charge in [-0.1, -0.05) is 0 Å². The molecule has 1 aromatic rings. The summed E-state index contributed by atoms with van der Waals surface area (Å²) in [6.45, 7) is 1.88. The number of pyridine rings is 1. The van der Waals surface area contributed by atoms with Gasteiger partial charge in [0.05, 0.1) is 11.9 Å². The number of aldehydes is 1. The van der Waals surface area contributed by atoms with E-state index in [1.807, 2.05) is 18.3 Å². The minimum atomic E-state index is 0.198. The highest BCUT2D eigenvalue weighted by atomic mass is 16.1. The molecule has 0 aliphatic carbocycles. The van der Waals surface area contributed by atoms with Crippen LogP contribution in [0, 0.1) is 5.92 Å². The highest BCUT2D eigenvalue weighted by Crippen LogP contribution is 2.20. The third-order valence-corrected chi connectivity index (χ3v) is 2.66. The lowest BCUT2D eigenvalue weighted by atomic mass is 9.99. The van der Waals surface area contributed by atoms with Crippen molar-refractivity contribution in [2.75, 3.05) is 18.0 Å². The quantitative estimate of drug-likeness (QED) is 0.662. The Labute approximate surface area is 83.8 Å². The van der Waals surface area contributed by atoms with E-state index in [9.17, 15) is 4.79 Å². The summed E-state index contributed by atoms with van der Waals surface area (Å²) in [5, 5.41) is 0. The van der Waals surface area contributed by atoms with Crippen LogP contribution >= 0.6 is 0 Å². The number of hydrogen-bond donors (Lipinski definition) is 0. The summed E-state index contributed by atoms with van der Waals surface area (Å²) in [7, 11) is 0. The molecule has 2 rings (SSSR count). The maximum Gasteiger partial charge on any atom is 0.124 e. The summed E-state index contributed by atoms with van der Waals surface area (Å²) in [5.41, 5.74) is 1.12. The minimum Gasteiger partial charge on any atom is -0.370 e. The summed E-state index contributed by atoms with van der Waals surface area (Å²) in [6, 6.07) is 3.97. The summed E-state index contributed by atoms with van der Waals surface area (Å²) >= 11 is 0. The van der Waals surface area contributed by atoms with Crippen LogP contribution in [0.15, 0.2) is 24.5 Å². The van der Waals surface area contributed by atoms with Gasteiger partial charge >= 0.3 is 0 Å². The molecule has 1 aromatic heterocycles. The van der Waals surface area contributed by atoms with E-state index in [1.54, 1.807) is 6.20 Å². The van der Waals surface area contributed by atoms with Crippen LogP contribution in [0.2, 0.25) is 0 Å². The van der Waals surface area contributed by atoms with Gasteiger partial charge in [-0.3, -0.25) is 4.98 Å². The number of rotatable bonds is 2. The van der Waals surface area contributed by atoms with Crippen LogP contribution in [-0.4, -0.2) is 24.4 Å². The molecule has 1 atom stereocenters. The van der Waals surface area contributed by atoms with Crippen LogP contribution < -0.4 is 4.90 Å². The Morgan fingerprint density at radius 3 is 3.21 bits per heavy atom. The van der Waals surface area contributed by atoms with E-state index >= 15 is 0 Å². The van der Waals surface area contributed by atoms with Crippen molar-refractivity contribution < 1.29 is 4.79 Å². The number of hydrogen-bond acceptors (Lipinski definition) is 3. The van der Waals surface area contributed by atoms with Crippen molar-refractivity contribution in [2.45, 2.75) is 12.8 Å². The van der Waals surface area contributed by atoms with Crippen molar-refractivity contribution in [3.63, 3.8) is 0 Å². The second-order valence-corrected chi connectivity index (χ2v) is 3.70. The van der Waals surface area contributed by atoms with Crippen molar-refractivity contribution in [3.8, 4) is 0 Å². The van der Waals surface area contributed by atoms with Gasteiger partial charge in [-0.15, -0.1) is 0 Å². The van der Waals surface area contributed by atoms with E-state index in [-0.39, 0.29) is 5.92 Å². The third-order valence-electron chi connectivity index (χ3n) is 2.66. The minimum absolute atomic E-state index is 0.198. The first-order valence-electron chi connectivity index (χ1n) is 5.00. The van der Waals surface area contributed by atoms with Gasteiger partial charge in [-0.25, -0.2) is 0 Å². The Bertz CT molecular complexity index is 299. The van der Waals surface area contributed by atoms with Crippen LogP contribution in [-0.2, 0) is 4.79 Å². The SMILES string of the molecule is O=CC1CCCN(c2cccnc2)C1. The van der Waals surface area contributed by atoms with Gasteiger partial charge < -0.3 is 9.69 Å². The molecule has 2 heterocycles. The van der Waals surface area contributed by atoms with Crippen molar-refractivity contribution in [1.82, 2.24) is 4.98 Å². The van der Waals surface area contributed by atoms with Crippen LogP contribution in [0.3, 0.4) is 0 Å². The number of carbonyl (C=O) groups excluding carboxylic acids is 1. The van der Waals surface area contributed by atoms with E-state index in [0.29, 0.717) is 0 Å². The number of nitrogens with zero attached hydrogens (tertiary/aromatic N) is 2. The van der Waals surface area contributed by atoms with E-state index < -0.39 is 0 Å². The Hall–Kier alpha value is -1.38. The van der Waals surface area contributed by atoms with Gasteiger partial charge in [0.2, 0.25) is 0 Å². The lowest BCUT2D eigenvalue weighted by Crippen LogP contribution is -2.35. The predicted molar refractivity (Wildman–Crippen MR) is 55.2 cm³/mol. The molecule has 1 unspecified atom stereocenters. The molecule has 0 amide bonds. The molecule has 0 aromatic carbocycles. The molecule has 1 saturated heterocycles. The van der Waals surface area contributed by atoms with Gasteiger partial charge in [0.1, 0.15) is 6.29 Å². The summed E-state index contributed by atoms with van der Waals surface area (Å²) in [4.78, 5) is 17.0. The van der Waals surface area contributed by atoms with Crippen molar-refractivity contribution in [1.29, 1.82) is 0 Å². The molecule has 0 saturated carbocycles. The maximum atomic E-state index is 10.7. The first kappa shape index (κ1) is 9.19. The van der Waals surface area contributed by atoms with Crippen LogP contribution in [0.5, 0.6) is 0 Å². The molecule has 1 aliphatic heterocycles. The molecule has 1 fully saturated rings.